The van der Waals surface area contributed by atoms with Gasteiger partial charge in [-0.25, -0.2) is 0 Å². The smallest absolute Gasteiger partial charge is 0.224 e. The summed E-state index contributed by atoms with van der Waals surface area (Å²) in [6.07, 6.45) is 2.92. The van der Waals surface area contributed by atoms with Gasteiger partial charge in [-0.1, -0.05) is 122 Å². The van der Waals surface area contributed by atoms with E-state index in [2.05, 4.69) is 77.2 Å². The molecular weight excluding hydrogens is 689 g/mol. The van der Waals surface area contributed by atoms with Crippen LogP contribution in [0.4, 0.5) is 11.4 Å². The van der Waals surface area contributed by atoms with E-state index in [9.17, 15) is 14.7 Å². The van der Waals surface area contributed by atoms with Crippen LogP contribution in [0.5, 0.6) is 0 Å². The van der Waals surface area contributed by atoms with Gasteiger partial charge in [-0.2, -0.15) is 0 Å². The van der Waals surface area contributed by atoms with Gasteiger partial charge >= 0.3 is 0 Å². The largest absolute Gasteiger partial charge is 0.397 e. The van der Waals surface area contributed by atoms with Crippen molar-refractivity contribution in [3.05, 3.63) is 155 Å². The fourth-order valence-corrected chi connectivity index (χ4v) is 6.97. The molecule has 5 aromatic rings. The molecule has 0 saturated carbocycles. The maximum Gasteiger partial charge on any atom is 0.224 e. The monoisotopic (exact) mass is 740 g/mol. The number of rotatable bonds is 17. The molecule has 1 heterocycles. The van der Waals surface area contributed by atoms with Gasteiger partial charge in [0.2, 0.25) is 11.8 Å². The summed E-state index contributed by atoms with van der Waals surface area (Å²) in [5, 5.41) is 15.5. The Labute approximate surface area is 324 Å². The first kappa shape index (κ1) is 39.4. The number of anilines is 2. The van der Waals surface area contributed by atoms with Crippen LogP contribution >= 0.6 is 0 Å². The molecule has 0 spiro atoms. The highest BCUT2D eigenvalue weighted by molar-refractivity contribution is 5.93. The maximum atomic E-state index is 12.8. The third kappa shape index (κ3) is 11.6. The molecular formula is C46H52N4O5. The highest BCUT2D eigenvalue weighted by Crippen LogP contribution is 2.39. The topological polar surface area (TPSA) is 126 Å². The second-order valence-corrected chi connectivity index (χ2v) is 14.3. The zero-order valence-corrected chi connectivity index (χ0v) is 31.5. The summed E-state index contributed by atoms with van der Waals surface area (Å²) in [4.78, 5) is 27.3. The van der Waals surface area contributed by atoms with Crippen molar-refractivity contribution in [3.63, 3.8) is 0 Å². The molecule has 5 N–H and O–H groups in total. The number of nitrogens with two attached hydrogens (primary N) is 1. The van der Waals surface area contributed by atoms with Crippen molar-refractivity contribution >= 4 is 23.2 Å². The summed E-state index contributed by atoms with van der Waals surface area (Å²) in [6, 6.07) is 42.0. The first-order valence-corrected chi connectivity index (χ1v) is 19.2. The molecule has 286 valence electrons. The predicted molar refractivity (Wildman–Crippen MR) is 217 cm³/mol. The summed E-state index contributed by atoms with van der Waals surface area (Å²) < 4.78 is 13.2. The molecule has 1 saturated heterocycles. The molecule has 5 aromatic carbocycles. The van der Waals surface area contributed by atoms with Crippen molar-refractivity contribution in [1.82, 2.24) is 10.2 Å². The van der Waals surface area contributed by atoms with E-state index in [4.69, 9.17) is 15.2 Å². The number of carbonyl (C=O) groups excluding carboxylic acids is 2. The van der Waals surface area contributed by atoms with Crippen molar-refractivity contribution in [2.75, 3.05) is 24.6 Å². The number of likely N-dealkylation sites (N-methyl/N-ethyl adjacent to an activating group) is 1. The second-order valence-electron chi connectivity index (χ2n) is 14.3. The standard InChI is InChI=1S/C46H52N4O5/c1-50(30-33-12-4-2-5-13-33)31-39-28-43(36-22-20-34(32-51)21-23-36)55-46(54-39)37-26-24-35(25-27-37)40-15-9-8-14-38(40)29-48-44(52)18-6-3-7-19-45(53)49-42-17-11-10-16-41(42)47/h2,4-5,8-17,20-27,39,43,46,51H,3,6-7,18-19,28-32,47H2,1H3,(H,48,52)(H,49,53)/t39-,43+,46+/m0/s1. The molecule has 0 unspecified atom stereocenters. The normalized spacial score (nSPS) is 16.8. The molecule has 2 amide bonds. The number of nitrogens with zero attached hydrogens (tertiary/aromatic N) is 1. The van der Waals surface area contributed by atoms with Gasteiger partial charge in [-0.05, 0) is 65.4 Å². The van der Waals surface area contributed by atoms with E-state index in [-0.39, 0.29) is 30.6 Å². The van der Waals surface area contributed by atoms with E-state index in [0.717, 1.165) is 52.9 Å². The SMILES string of the molecule is CN(Cc1ccccc1)C[C@@H]1C[C@H](c2ccc(CO)cc2)O[C@H](c2ccc(-c3ccccc3CNC(=O)CCCCCC(=O)Nc3ccccc3N)cc2)O1. The first-order chi connectivity index (χ1) is 26.8. The summed E-state index contributed by atoms with van der Waals surface area (Å²) in [5.74, 6) is -0.0885. The van der Waals surface area contributed by atoms with E-state index in [1.807, 2.05) is 60.7 Å². The fraction of sp³-hybridized carbons (Fsp3) is 0.304. The van der Waals surface area contributed by atoms with Gasteiger partial charge in [0.15, 0.2) is 6.29 Å². The van der Waals surface area contributed by atoms with E-state index in [0.29, 0.717) is 50.0 Å². The third-order valence-electron chi connectivity index (χ3n) is 9.96. The number of para-hydroxylation sites is 2. The number of aliphatic hydroxyl groups excluding tert-OH is 1. The van der Waals surface area contributed by atoms with Gasteiger partial charge < -0.3 is 30.9 Å². The predicted octanol–water partition coefficient (Wildman–Crippen LogP) is 8.31. The number of benzene rings is 5. The van der Waals surface area contributed by atoms with Gasteiger partial charge in [0.25, 0.3) is 0 Å². The van der Waals surface area contributed by atoms with Crippen LogP contribution in [0.15, 0.2) is 127 Å². The Hall–Kier alpha value is -5.32. The average molecular weight is 741 g/mol. The maximum absolute atomic E-state index is 12.8. The molecule has 0 radical (unpaired) electrons. The van der Waals surface area contributed by atoms with Gasteiger partial charge in [0, 0.05) is 44.5 Å². The van der Waals surface area contributed by atoms with Crippen LogP contribution in [0, 0.1) is 0 Å². The Kier molecular flexibility index (Phi) is 14.2. The van der Waals surface area contributed by atoms with E-state index >= 15 is 0 Å². The number of ether oxygens (including phenoxy) is 2. The summed E-state index contributed by atoms with van der Waals surface area (Å²) in [5.41, 5.74) is 14.3. The minimum atomic E-state index is -0.549. The number of hydrogen-bond acceptors (Lipinski definition) is 7. The Morgan fingerprint density at radius 3 is 2.16 bits per heavy atom. The minimum Gasteiger partial charge on any atom is -0.397 e. The minimum absolute atomic E-state index is 0.00184. The number of hydrogen-bond donors (Lipinski definition) is 4. The third-order valence-corrected chi connectivity index (χ3v) is 9.96. The van der Waals surface area contributed by atoms with E-state index < -0.39 is 6.29 Å². The number of nitrogen functional groups attached to an aromatic ring is 1. The molecule has 1 aliphatic heterocycles. The van der Waals surface area contributed by atoms with Gasteiger partial charge in [0.05, 0.1) is 30.2 Å². The molecule has 9 nitrogen and oxygen atoms in total. The van der Waals surface area contributed by atoms with Gasteiger partial charge in [-0.15, -0.1) is 0 Å². The Morgan fingerprint density at radius 1 is 0.745 bits per heavy atom. The molecule has 0 aliphatic carbocycles. The molecule has 0 bridgehead atoms. The molecule has 55 heavy (non-hydrogen) atoms. The van der Waals surface area contributed by atoms with Crippen molar-refractivity contribution in [1.29, 1.82) is 0 Å². The molecule has 6 rings (SSSR count). The summed E-state index contributed by atoms with van der Waals surface area (Å²) in [6.45, 7) is 1.99. The second kappa shape index (κ2) is 19.8. The number of amides is 2. The van der Waals surface area contributed by atoms with Crippen LogP contribution in [-0.4, -0.2) is 41.5 Å². The number of carbonyl (C=O) groups is 2. The number of aliphatic hydroxyl groups is 1. The highest BCUT2D eigenvalue weighted by atomic mass is 16.7. The Morgan fingerprint density at radius 2 is 1.42 bits per heavy atom. The molecule has 1 aliphatic rings. The lowest BCUT2D eigenvalue weighted by atomic mass is 9.97. The quantitative estimate of drug-likeness (QED) is 0.0558. The average Bonchev–Trinajstić information content (AvgIpc) is 3.21. The van der Waals surface area contributed by atoms with Gasteiger partial charge in [-0.3, -0.25) is 14.5 Å². The van der Waals surface area contributed by atoms with Crippen LogP contribution in [0.1, 0.15) is 78.7 Å². The van der Waals surface area contributed by atoms with Gasteiger partial charge in [0.1, 0.15) is 0 Å². The molecule has 9 heteroatoms. The Bertz CT molecular complexity index is 1970. The lowest BCUT2D eigenvalue weighted by molar-refractivity contribution is -0.252. The summed E-state index contributed by atoms with van der Waals surface area (Å²) in [7, 11) is 2.12. The molecule has 3 atom stereocenters. The highest BCUT2D eigenvalue weighted by Gasteiger charge is 2.33. The van der Waals surface area contributed by atoms with Crippen LogP contribution in [0.25, 0.3) is 11.1 Å². The first-order valence-electron chi connectivity index (χ1n) is 19.2. The fourth-order valence-electron chi connectivity index (χ4n) is 6.97. The van der Waals surface area contributed by atoms with Crippen molar-refractivity contribution in [2.24, 2.45) is 0 Å². The van der Waals surface area contributed by atoms with E-state index in [1.54, 1.807) is 12.1 Å². The lowest BCUT2D eigenvalue weighted by Gasteiger charge is -2.38. The zero-order chi connectivity index (χ0) is 38.4. The van der Waals surface area contributed by atoms with Crippen molar-refractivity contribution in [2.45, 2.75) is 76.7 Å². The zero-order valence-electron chi connectivity index (χ0n) is 31.5. The molecule has 0 aromatic heterocycles. The molecule has 1 fully saturated rings. The van der Waals surface area contributed by atoms with E-state index in [1.165, 1.54) is 5.56 Å². The summed E-state index contributed by atoms with van der Waals surface area (Å²) >= 11 is 0. The van der Waals surface area contributed by atoms with Crippen LogP contribution < -0.4 is 16.4 Å². The Balaban J connectivity index is 1.03. The number of nitrogens with one attached hydrogen (secondary N) is 2. The number of unbranched alkanes of at least 4 members (excludes halogenated alkanes) is 2. The lowest BCUT2D eigenvalue weighted by Crippen LogP contribution is -2.37. The van der Waals surface area contributed by atoms with Crippen molar-refractivity contribution < 1.29 is 24.2 Å². The van der Waals surface area contributed by atoms with Crippen molar-refractivity contribution in [3.8, 4) is 11.1 Å². The van der Waals surface area contributed by atoms with Crippen LogP contribution in [0.2, 0.25) is 0 Å². The van der Waals surface area contributed by atoms with Crippen LogP contribution in [-0.2, 0) is 38.8 Å². The van der Waals surface area contributed by atoms with Crippen LogP contribution in [0.3, 0.4) is 0 Å².